The Balaban J connectivity index is 2.22. The minimum absolute atomic E-state index is 0.786. The molecule has 14 nitrogen and oxygen atoms in total. The van der Waals surface area contributed by atoms with Gasteiger partial charge >= 0.3 is 10.4 Å². The van der Waals surface area contributed by atoms with E-state index in [4.69, 9.17) is 18.8 Å². The smallest absolute Gasteiger partial charge is 0.394 e. The highest BCUT2D eigenvalue weighted by Gasteiger charge is 2.51. The van der Waals surface area contributed by atoms with Crippen molar-refractivity contribution in [3.05, 3.63) is 0 Å². The minimum Gasteiger partial charge on any atom is -0.394 e. The Morgan fingerprint density at radius 3 is 1.89 bits per heavy atom. The third-order valence-corrected chi connectivity index (χ3v) is 4.65. The summed E-state index contributed by atoms with van der Waals surface area (Å²) in [6, 6.07) is 0. The summed E-state index contributed by atoms with van der Waals surface area (Å²) in [6.45, 7) is -1.65. The van der Waals surface area contributed by atoms with Gasteiger partial charge in [0, 0.05) is 0 Å². The molecule has 2 heterocycles. The van der Waals surface area contributed by atoms with Gasteiger partial charge in [-0.3, -0.25) is 4.55 Å². The lowest BCUT2D eigenvalue weighted by Gasteiger charge is -2.45. The van der Waals surface area contributed by atoms with Gasteiger partial charge < -0.3 is 50.0 Å². The van der Waals surface area contributed by atoms with Crippen LogP contribution < -0.4 is 0 Å². The molecule has 2 fully saturated rings. The Morgan fingerprint density at radius 1 is 0.778 bits per heavy atom. The second kappa shape index (κ2) is 8.87. The largest absolute Gasteiger partial charge is 0.397 e. The van der Waals surface area contributed by atoms with Crippen molar-refractivity contribution in [2.45, 2.75) is 61.4 Å². The monoisotopic (exact) mass is 422 g/mol. The predicted octanol–water partition coefficient (Wildman–Crippen LogP) is -5.57. The first-order valence-electron chi connectivity index (χ1n) is 7.74. The highest BCUT2D eigenvalue weighted by Crippen LogP contribution is 2.30. The number of aliphatic hydroxyl groups excluding tert-OH is 7. The van der Waals surface area contributed by atoms with E-state index in [-0.39, 0.29) is 0 Å². The number of hydrogen-bond acceptors (Lipinski definition) is 13. The maximum atomic E-state index is 10.9. The normalized spacial score (nSPS) is 46.4. The van der Waals surface area contributed by atoms with Crippen LogP contribution in [0.3, 0.4) is 0 Å². The summed E-state index contributed by atoms with van der Waals surface area (Å²) in [5, 5.41) is 67.8. The summed E-state index contributed by atoms with van der Waals surface area (Å²) < 4.78 is 50.0. The number of hydrogen-bond donors (Lipinski definition) is 8. The average molecular weight is 422 g/mol. The van der Waals surface area contributed by atoms with E-state index in [1.54, 1.807) is 0 Å². The minimum atomic E-state index is -5.12. The number of ether oxygens (including phenoxy) is 3. The van der Waals surface area contributed by atoms with E-state index in [0.29, 0.717) is 0 Å². The van der Waals surface area contributed by atoms with E-state index in [1.165, 1.54) is 0 Å². The Hall–Kier alpha value is -0.530. The van der Waals surface area contributed by atoms with Crippen LogP contribution in [0.4, 0.5) is 0 Å². The average Bonchev–Trinajstić information content (AvgIpc) is 2.59. The maximum absolute atomic E-state index is 10.9. The van der Waals surface area contributed by atoms with Crippen molar-refractivity contribution >= 4 is 10.4 Å². The lowest BCUT2D eigenvalue weighted by molar-refractivity contribution is -0.353. The molecule has 10 atom stereocenters. The standard InChI is InChI=1S/C12H22O14S/c13-1-3-5(15)10(26-27(20,21)22)8(18)12(24-3)25-9-4(2-14)23-11(19)7(17)6(9)16/h3-19H,1-2H2,(H,20,21,22)/t3-,4-,5+,6+,7-,8-,9-,10+,11-,12+/m1/s1. The number of rotatable bonds is 6. The van der Waals surface area contributed by atoms with Crippen LogP contribution in [0.25, 0.3) is 0 Å². The van der Waals surface area contributed by atoms with Crippen molar-refractivity contribution in [1.82, 2.24) is 0 Å². The zero-order valence-corrected chi connectivity index (χ0v) is 14.4. The Bertz CT molecular complexity index is 583. The van der Waals surface area contributed by atoms with Crippen molar-refractivity contribution in [2.24, 2.45) is 0 Å². The summed E-state index contributed by atoms with van der Waals surface area (Å²) in [5.74, 6) is 0. The lowest BCUT2D eigenvalue weighted by Crippen LogP contribution is -2.65. The Kier molecular flexibility index (Phi) is 7.47. The van der Waals surface area contributed by atoms with Gasteiger partial charge in [0.2, 0.25) is 0 Å². The molecule has 2 rings (SSSR count). The van der Waals surface area contributed by atoms with Gasteiger partial charge in [0.05, 0.1) is 13.2 Å². The summed E-state index contributed by atoms with van der Waals surface area (Å²) in [6.07, 6.45) is -17.8. The zero-order chi connectivity index (χ0) is 20.5. The highest BCUT2D eigenvalue weighted by molar-refractivity contribution is 7.80. The first kappa shape index (κ1) is 22.8. The molecule has 0 spiro atoms. The molecule has 2 aliphatic heterocycles. The third kappa shape index (κ3) is 5.10. The molecule has 8 N–H and O–H groups in total. The SMILES string of the molecule is O=S(=O)(O)O[C@H]1[C@@H](O)[C@@H](CO)O[C@@H](O[C@H]2[C@@H](O)[C@@H](O)[C@H](O)O[C@@H]2CO)[C@@H]1O. The molecule has 0 aromatic carbocycles. The molecule has 0 unspecified atom stereocenters. The van der Waals surface area contributed by atoms with Crippen molar-refractivity contribution in [1.29, 1.82) is 0 Å². The van der Waals surface area contributed by atoms with Crippen molar-refractivity contribution < 1.29 is 67.1 Å². The van der Waals surface area contributed by atoms with Gasteiger partial charge in [0.15, 0.2) is 12.6 Å². The fourth-order valence-corrected chi connectivity index (χ4v) is 3.32. The second-order valence-electron chi connectivity index (χ2n) is 6.02. The van der Waals surface area contributed by atoms with Gasteiger partial charge in [-0.15, -0.1) is 0 Å². The molecule has 0 saturated carbocycles. The molecule has 2 aliphatic rings. The van der Waals surface area contributed by atoms with Gasteiger partial charge in [0.1, 0.15) is 48.8 Å². The van der Waals surface area contributed by atoms with Crippen LogP contribution in [0.2, 0.25) is 0 Å². The molecular weight excluding hydrogens is 400 g/mol. The molecule has 27 heavy (non-hydrogen) atoms. The third-order valence-electron chi connectivity index (χ3n) is 4.19. The molecule has 0 amide bonds. The first-order chi connectivity index (χ1) is 12.5. The van der Waals surface area contributed by atoms with E-state index in [1.807, 2.05) is 0 Å². The predicted molar refractivity (Wildman–Crippen MR) is 79.0 cm³/mol. The van der Waals surface area contributed by atoms with Crippen molar-refractivity contribution in [3.63, 3.8) is 0 Å². The molecule has 0 bridgehead atoms. The summed E-state index contributed by atoms with van der Waals surface area (Å²) in [5.41, 5.74) is 0. The van der Waals surface area contributed by atoms with Crippen LogP contribution in [0.1, 0.15) is 0 Å². The molecule has 0 aliphatic carbocycles. The quantitative estimate of drug-likeness (QED) is 0.186. The number of aliphatic hydroxyl groups is 7. The van der Waals surface area contributed by atoms with E-state index in [0.717, 1.165) is 0 Å². The fourth-order valence-electron chi connectivity index (χ4n) is 2.81. The zero-order valence-electron chi connectivity index (χ0n) is 13.6. The van der Waals surface area contributed by atoms with Gasteiger partial charge in [-0.1, -0.05) is 0 Å². The van der Waals surface area contributed by atoms with Crippen molar-refractivity contribution in [3.8, 4) is 0 Å². The maximum Gasteiger partial charge on any atom is 0.397 e. The molecule has 160 valence electrons. The van der Waals surface area contributed by atoms with Crippen LogP contribution in [-0.4, -0.2) is 123 Å². The Morgan fingerprint density at radius 2 is 1.37 bits per heavy atom. The van der Waals surface area contributed by atoms with Crippen LogP contribution in [0, 0.1) is 0 Å². The van der Waals surface area contributed by atoms with Crippen molar-refractivity contribution in [2.75, 3.05) is 13.2 Å². The van der Waals surface area contributed by atoms with Crippen LogP contribution in [-0.2, 0) is 28.8 Å². The molecule has 0 aromatic heterocycles. The van der Waals surface area contributed by atoms with E-state index in [9.17, 15) is 44.2 Å². The molecule has 0 radical (unpaired) electrons. The highest BCUT2D eigenvalue weighted by atomic mass is 32.3. The summed E-state index contributed by atoms with van der Waals surface area (Å²) in [4.78, 5) is 0. The fraction of sp³-hybridized carbons (Fsp3) is 1.00. The van der Waals surface area contributed by atoms with Gasteiger partial charge in [-0.05, 0) is 0 Å². The molecule has 0 aromatic rings. The summed E-state index contributed by atoms with van der Waals surface area (Å²) in [7, 11) is -5.12. The van der Waals surface area contributed by atoms with Crippen LogP contribution in [0.5, 0.6) is 0 Å². The van der Waals surface area contributed by atoms with Crippen LogP contribution >= 0.6 is 0 Å². The Labute approximate surface area is 153 Å². The topological polar surface area (TPSA) is 233 Å². The molecular formula is C12H22O14S. The first-order valence-corrected chi connectivity index (χ1v) is 9.10. The molecule has 15 heteroatoms. The van der Waals surface area contributed by atoms with E-state index in [2.05, 4.69) is 4.18 Å². The van der Waals surface area contributed by atoms with Gasteiger partial charge in [-0.2, -0.15) is 8.42 Å². The van der Waals surface area contributed by atoms with E-state index >= 15 is 0 Å². The lowest BCUT2D eigenvalue weighted by atomic mass is 9.97. The molecule has 2 saturated heterocycles. The van der Waals surface area contributed by atoms with Crippen LogP contribution in [0.15, 0.2) is 0 Å². The summed E-state index contributed by atoms with van der Waals surface area (Å²) >= 11 is 0. The second-order valence-corrected chi connectivity index (χ2v) is 7.07. The van der Waals surface area contributed by atoms with Gasteiger partial charge in [0.25, 0.3) is 0 Å². The van der Waals surface area contributed by atoms with Gasteiger partial charge in [-0.25, -0.2) is 4.18 Å². The van der Waals surface area contributed by atoms with E-state index < -0.39 is 85.0 Å².